The van der Waals surface area contributed by atoms with E-state index in [1.54, 1.807) is 12.1 Å². The summed E-state index contributed by atoms with van der Waals surface area (Å²) in [7, 11) is 0. The summed E-state index contributed by atoms with van der Waals surface area (Å²) >= 11 is 0. The Labute approximate surface area is 155 Å². The number of hydrogen-bond acceptors (Lipinski definition) is 5. The van der Waals surface area contributed by atoms with Crippen LogP contribution in [0.1, 0.15) is 11.3 Å². The lowest BCUT2D eigenvalue weighted by atomic mass is 10.1. The van der Waals surface area contributed by atoms with Crippen LogP contribution >= 0.6 is 0 Å². The van der Waals surface area contributed by atoms with Gasteiger partial charge in [-0.15, -0.1) is 0 Å². The summed E-state index contributed by atoms with van der Waals surface area (Å²) in [6.45, 7) is 2.42. The molecule has 7 nitrogen and oxygen atoms in total. The zero-order valence-corrected chi connectivity index (χ0v) is 14.9. The summed E-state index contributed by atoms with van der Waals surface area (Å²) < 4.78 is 11.8. The molecule has 3 aromatic rings. The highest BCUT2D eigenvalue weighted by Crippen LogP contribution is 2.32. The molecule has 1 amide bonds. The highest BCUT2D eigenvalue weighted by atomic mass is 16.7. The third-order valence-electron chi connectivity index (χ3n) is 4.52. The molecule has 0 unspecified atom stereocenters. The minimum Gasteiger partial charge on any atom is -0.454 e. The number of benzene rings is 2. The summed E-state index contributed by atoms with van der Waals surface area (Å²) in [4.78, 5) is 24.7. The normalized spacial score (nSPS) is 12.3. The molecular weight excluding hydrogens is 346 g/mol. The van der Waals surface area contributed by atoms with Crippen molar-refractivity contribution < 1.29 is 14.3 Å². The number of fused-ring (bicyclic) bond motifs is 2. The Morgan fingerprint density at radius 1 is 1.15 bits per heavy atom. The largest absolute Gasteiger partial charge is 0.454 e. The number of aryl methyl sites for hydroxylation is 1. The maximum atomic E-state index is 12.5. The fourth-order valence-electron chi connectivity index (χ4n) is 3.15. The van der Waals surface area contributed by atoms with Crippen molar-refractivity contribution in [3.05, 3.63) is 64.1 Å². The highest BCUT2D eigenvalue weighted by molar-refractivity contribution is 5.83. The smallest absolute Gasteiger partial charge is 0.275 e. The molecule has 27 heavy (non-hydrogen) atoms. The lowest BCUT2D eigenvalue weighted by molar-refractivity contribution is -0.121. The molecule has 0 saturated carbocycles. The van der Waals surface area contributed by atoms with Gasteiger partial charge in [0, 0.05) is 11.9 Å². The molecule has 138 valence electrons. The first-order chi connectivity index (χ1) is 13.1. The molecule has 0 radical (unpaired) electrons. The van der Waals surface area contributed by atoms with E-state index in [1.807, 2.05) is 37.3 Å². The SMILES string of the molecule is Cc1nn(CC(=O)NCCc2ccc3c(c2)OCO3)c(=O)c2ccccc12. The maximum absolute atomic E-state index is 12.5. The van der Waals surface area contributed by atoms with Gasteiger partial charge >= 0.3 is 0 Å². The number of aromatic nitrogens is 2. The third kappa shape index (κ3) is 3.48. The van der Waals surface area contributed by atoms with Gasteiger partial charge in [-0.05, 0) is 37.1 Å². The number of nitrogens with zero attached hydrogens (tertiary/aromatic N) is 2. The van der Waals surface area contributed by atoms with Gasteiger partial charge in [0.2, 0.25) is 12.7 Å². The third-order valence-corrected chi connectivity index (χ3v) is 4.52. The van der Waals surface area contributed by atoms with E-state index in [1.165, 1.54) is 4.68 Å². The van der Waals surface area contributed by atoms with E-state index in [9.17, 15) is 9.59 Å². The van der Waals surface area contributed by atoms with Gasteiger partial charge in [0.25, 0.3) is 5.56 Å². The Kier molecular flexibility index (Phi) is 4.50. The zero-order valence-electron chi connectivity index (χ0n) is 14.9. The first-order valence-electron chi connectivity index (χ1n) is 8.73. The van der Waals surface area contributed by atoms with Crippen molar-refractivity contribution in [3.63, 3.8) is 0 Å². The van der Waals surface area contributed by atoms with Crippen LogP contribution in [0.2, 0.25) is 0 Å². The topological polar surface area (TPSA) is 82.5 Å². The number of amides is 1. The quantitative estimate of drug-likeness (QED) is 0.745. The lowest BCUT2D eigenvalue weighted by Gasteiger charge is -2.09. The summed E-state index contributed by atoms with van der Waals surface area (Å²) in [5, 5.41) is 8.47. The molecule has 0 aliphatic carbocycles. The van der Waals surface area contributed by atoms with Crippen LogP contribution in [0.4, 0.5) is 0 Å². The molecule has 0 spiro atoms. The van der Waals surface area contributed by atoms with Crippen molar-refractivity contribution in [1.29, 1.82) is 0 Å². The van der Waals surface area contributed by atoms with Gasteiger partial charge in [-0.25, -0.2) is 4.68 Å². The van der Waals surface area contributed by atoms with E-state index in [4.69, 9.17) is 9.47 Å². The van der Waals surface area contributed by atoms with Crippen LogP contribution in [-0.2, 0) is 17.8 Å². The predicted octanol–water partition coefficient (Wildman–Crippen LogP) is 1.79. The van der Waals surface area contributed by atoms with Crippen LogP contribution in [0.25, 0.3) is 10.8 Å². The Hall–Kier alpha value is -3.35. The summed E-state index contributed by atoms with van der Waals surface area (Å²) in [5.74, 6) is 1.21. The Morgan fingerprint density at radius 3 is 2.78 bits per heavy atom. The minimum absolute atomic E-state index is 0.106. The molecule has 2 aromatic carbocycles. The molecular formula is C20H19N3O4. The van der Waals surface area contributed by atoms with Crippen LogP contribution in [0.3, 0.4) is 0 Å². The van der Waals surface area contributed by atoms with Gasteiger partial charge in [-0.3, -0.25) is 9.59 Å². The van der Waals surface area contributed by atoms with E-state index in [-0.39, 0.29) is 24.8 Å². The summed E-state index contributed by atoms with van der Waals surface area (Å²) in [5.41, 5.74) is 1.50. The molecule has 1 aromatic heterocycles. The van der Waals surface area contributed by atoms with Crippen LogP contribution in [0.5, 0.6) is 11.5 Å². The molecule has 1 aliphatic rings. The van der Waals surface area contributed by atoms with E-state index in [0.717, 1.165) is 28.1 Å². The van der Waals surface area contributed by atoms with Gasteiger partial charge in [-0.2, -0.15) is 5.10 Å². The average molecular weight is 365 g/mol. The monoisotopic (exact) mass is 365 g/mol. The van der Waals surface area contributed by atoms with Crippen molar-refractivity contribution in [3.8, 4) is 11.5 Å². The van der Waals surface area contributed by atoms with Crippen molar-refractivity contribution in [1.82, 2.24) is 15.1 Å². The number of carbonyl (C=O) groups excluding carboxylic acids is 1. The van der Waals surface area contributed by atoms with Gasteiger partial charge in [-0.1, -0.05) is 24.3 Å². The van der Waals surface area contributed by atoms with Gasteiger partial charge in [0.15, 0.2) is 11.5 Å². The van der Waals surface area contributed by atoms with Crippen LogP contribution in [0, 0.1) is 6.92 Å². The number of ether oxygens (including phenoxy) is 2. The van der Waals surface area contributed by atoms with E-state index in [0.29, 0.717) is 18.4 Å². The second-order valence-corrected chi connectivity index (χ2v) is 6.38. The fourth-order valence-corrected chi connectivity index (χ4v) is 3.15. The van der Waals surface area contributed by atoms with Crippen molar-refractivity contribution in [2.45, 2.75) is 19.9 Å². The Morgan fingerprint density at radius 2 is 1.93 bits per heavy atom. The first kappa shape index (κ1) is 17.1. The van der Waals surface area contributed by atoms with Gasteiger partial charge in [0.1, 0.15) is 6.54 Å². The fraction of sp³-hybridized carbons (Fsp3) is 0.250. The second-order valence-electron chi connectivity index (χ2n) is 6.38. The van der Waals surface area contributed by atoms with Crippen molar-refractivity contribution >= 4 is 16.7 Å². The first-order valence-corrected chi connectivity index (χ1v) is 8.73. The van der Waals surface area contributed by atoms with Crippen LogP contribution < -0.4 is 20.3 Å². The van der Waals surface area contributed by atoms with Crippen molar-refractivity contribution in [2.24, 2.45) is 0 Å². The number of rotatable bonds is 5. The van der Waals surface area contributed by atoms with Gasteiger partial charge in [0.05, 0.1) is 11.1 Å². The van der Waals surface area contributed by atoms with E-state index < -0.39 is 0 Å². The van der Waals surface area contributed by atoms with E-state index in [2.05, 4.69) is 10.4 Å². The molecule has 0 saturated heterocycles. The number of nitrogens with one attached hydrogen (secondary N) is 1. The summed E-state index contributed by atoms with van der Waals surface area (Å²) in [6.07, 6.45) is 0.654. The molecule has 2 heterocycles. The molecule has 0 atom stereocenters. The molecule has 0 fully saturated rings. The molecule has 0 bridgehead atoms. The van der Waals surface area contributed by atoms with Gasteiger partial charge < -0.3 is 14.8 Å². The maximum Gasteiger partial charge on any atom is 0.275 e. The average Bonchev–Trinajstić information content (AvgIpc) is 3.14. The standard InChI is InChI=1S/C20H19N3O4/c1-13-15-4-2-3-5-16(15)20(25)23(22-13)11-19(24)21-9-8-14-6-7-17-18(10-14)27-12-26-17/h2-7,10H,8-9,11-12H2,1H3,(H,21,24). The summed E-state index contributed by atoms with van der Waals surface area (Å²) in [6, 6.07) is 13.0. The highest BCUT2D eigenvalue weighted by Gasteiger charge is 2.14. The number of hydrogen-bond donors (Lipinski definition) is 1. The van der Waals surface area contributed by atoms with Crippen molar-refractivity contribution in [2.75, 3.05) is 13.3 Å². The lowest BCUT2D eigenvalue weighted by Crippen LogP contribution is -2.35. The van der Waals surface area contributed by atoms with Crippen LogP contribution in [0.15, 0.2) is 47.3 Å². The Bertz CT molecular complexity index is 1070. The van der Waals surface area contributed by atoms with Crippen LogP contribution in [-0.4, -0.2) is 29.0 Å². The van der Waals surface area contributed by atoms with E-state index >= 15 is 0 Å². The molecule has 4 rings (SSSR count). The predicted molar refractivity (Wildman–Crippen MR) is 100 cm³/mol. The zero-order chi connectivity index (χ0) is 18.8. The molecule has 1 aliphatic heterocycles. The molecule has 1 N–H and O–H groups in total. The second kappa shape index (κ2) is 7.11. The Balaban J connectivity index is 1.39. The minimum atomic E-state index is -0.262. The number of carbonyl (C=O) groups is 1. The molecule has 7 heteroatoms.